The van der Waals surface area contributed by atoms with Gasteiger partial charge in [0, 0.05) is 19.0 Å². The summed E-state index contributed by atoms with van der Waals surface area (Å²) in [4.78, 5) is 0.346. The van der Waals surface area contributed by atoms with Gasteiger partial charge in [0.2, 0.25) is 10.0 Å². The van der Waals surface area contributed by atoms with E-state index in [1.54, 1.807) is 31.3 Å². The van der Waals surface area contributed by atoms with Crippen molar-refractivity contribution in [2.45, 2.75) is 43.4 Å². The van der Waals surface area contributed by atoms with E-state index in [1.807, 2.05) is 24.3 Å². The first-order chi connectivity index (χ1) is 11.4. The number of benzene rings is 2. The van der Waals surface area contributed by atoms with E-state index in [2.05, 4.69) is 26.0 Å². The molecule has 0 bridgehead atoms. The Bertz CT molecular complexity index is 729. The van der Waals surface area contributed by atoms with Crippen molar-refractivity contribution < 1.29 is 8.42 Å². The van der Waals surface area contributed by atoms with E-state index in [0.717, 1.165) is 19.3 Å². The second-order valence-corrected chi connectivity index (χ2v) is 8.65. The fourth-order valence-electron chi connectivity index (χ4n) is 3.07. The predicted molar refractivity (Wildman–Crippen MR) is 99.6 cm³/mol. The Morgan fingerprint density at radius 1 is 0.958 bits per heavy atom. The molecule has 0 heterocycles. The minimum atomic E-state index is -3.47. The van der Waals surface area contributed by atoms with Gasteiger partial charge in [-0.3, -0.25) is 0 Å². The van der Waals surface area contributed by atoms with Crippen LogP contribution in [0.4, 0.5) is 0 Å². The van der Waals surface area contributed by atoms with Crippen molar-refractivity contribution in [1.82, 2.24) is 4.31 Å². The van der Waals surface area contributed by atoms with Crippen molar-refractivity contribution >= 4 is 10.0 Å². The standard InChI is InChI=1S/C20H27NO2S/c1-4-5-16-20(2,18-12-8-6-9-13-18)17-21(3)24(22,23)19-14-10-7-11-15-19/h6-15H,4-5,16-17H2,1-3H3. The highest BCUT2D eigenvalue weighted by atomic mass is 32.2. The molecule has 0 saturated carbocycles. The topological polar surface area (TPSA) is 37.4 Å². The average Bonchev–Trinajstić information content (AvgIpc) is 2.61. The second kappa shape index (κ2) is 7.95. The monoisotopic (exact) mass is 345 g/mol. The van der Waals surface area contributed by atoms with Gasteiger partial charge in [-0.1, -0.05) is 75.2 Å². The molecule has 0 aliphatic rings. The van der Waals surface area contributed by atoms with Crippen LogP contribution in [0.1, 0.15) is 38.7 Å². The fraction of sp³-hybridized carbons (Fsp3) is 0.400. The van der Waals surface area contributed by atoms with E-state index in [0.29, 0.717) is 11.4 Å². The molecule has 0 saturated heterocycles. The summed E-state index contributed by atoms with van der Waals surface area (Å²) in [6, 6.07) is 18.9. The van der Waals surface area contributed by atoms with Gasteiger partial charge in [-0.2, -0.15) is 0 Å². The van der Waals surface area contributed by atoms with Crippen LogP contribution in [-0.2, 0) is 15.4 Å². The van der Waals surface area contributed by atoms with Crippen molar-refractivity contribution in [3.63, 3.8) is 0 Å². The first kappa shape index (κ1) is 18.7. The van der Waals surface area contributed by atoms with Crippen molar-refractivity contribution in [2.24, 2.45) is 0 Å². The van der Waals surface area contributed by atoms with Crippen LogP contribution < -0.4 is 0 Å². The number of nitrogens with zero attached hydrogens (tertiary/aromatic N) is 1. The molecule has 3 nitrogen and oxygen atoms in total. The molecule has 1 atom stereocenters. The van der Waals surface area contributed by atoms with Gasteiger partial charge in [-0.05, 0) is 24.1 Å². The summed E-state index contributed by atoms with van der Waals surface area (Å²) in [7, 11) is -1.80. The third-order valence-electron chi connectivity index (χ3n) is 4.58. The van der Waals surface area contributed by atoms with Crippen LogP contribution in [0, 0.1) is 0 Å². The summed E-state index contributed by atoms with van der Waals surface area (Å²) in [6.07, 6.45) is 3.13. The van der Waals surface area contributed by atoms with Gasteiger partial charge in [-0.25, -0.2) is 12.7 Å². The lowest BCUT2D eigenvalue weighted by molar-refractivity contribution is 0.325. The van der Waals surface area contributed by atoms with E-state index in [-0.39, 0.29) is 5.41 Å². The largest absolute Gasteiger partial charge is 0.242 e. The molecule has 2 rings (SSSR count). The summed E-state index contributed by atoms with van der Waals surface area (Å²) in [5.41, 5.74) is 0.988. The molecule has 2 aromatic carbocycles. The highest BCUT2D eigenvalue weighted by molar-refractivity contribution is 7.89. The van der Waals surface area contributed by atoms with E-state index in [1.165, 1.54) is 9.87 Å². The number of hydrogen-bond acceptors (Lipinski definition) is 2. The molecule has 24 heavy (non-hydrogen) atoms. The Labute approximate surface area is 146 Å². The highest BCUT2D eigenvalue weighted by Crippen LogP contribution is 2.32. The minimum absolute atomic E-state index is 0.201. The van der Waals surface area contributed by atoms with E-state index < -0.39 is 10.0 Å². The summed E-state index contributed by atoms with van der Waals surface area (Å²) in [5.74, 6) is 0. The Morgan fingerprint density at radius 3 is 2.04 bits per heavy atom. The molecule has 0 N–H and O–H groups in total. The molecule has 0 aromatic heterocycles. The maximum atomic E-state index is 12.8. The number of rotatable bonds is 8. The Morgan fingerprint density at radius 2 is 1.50 bits per heavy atom. The lowest BCUT2D eigenvalue weighted by Gasteiger charge is -2.34. The smallest absolute Gasteiger partial charge is 0.207 e. The zero-order valence-corrected chi connectivity index (χ0v) is 15.6. The van der Waals surface area contributed by atoms with Crippen LogP contribution in [0.3, 0.4) is 0 Å². The van der Waals surface area contributed by atoms with Crippen molar-refractivity contribution in [2.75, 3.05) is 13.6 Å². The third kappa shape index (κ3) is 4.25. The third-order valence-corrected chi connectivity index (χ3v) is 6.39. The van der Waals surface area contributed by atoms with Crippen LogP contribution in [0.2, 0.25) is 0 Å². The van der Waals surface area contributed by atoms with Crippen molar-refractivity contribution in [3.8, 4) is 0 Å². The molecular weight excluding hydrogens is 318 g/mol. The fourth-order valence-corrected chi connectivity index (χ4v) is 4.39. The SMILES string of the molecule is CCCCC(C)(CN(C)S(=O)(=O)c1ccccc1)c1ccccc1. The van der Waals surface area contributed by atoms with Crippen LogP contribution in [0.5, 0.6) is 0 Å². The molecule has 0 fully saturated rings. The second-order valence-electron chi connectivity index (χ2n) is 6.60. The van der Waals surface area contributed by atoms with Gasteiger partial charge in [0.15, 0.2) is 0 Å². The average molecular weight is 346 g/mol. The Hall–Kier alpha value is -1.65. The van der Waals surface area contributed by atoms with E-state index >= 15 is 0 Å². The number of unbranched alkanes of at least 4 members (excludes halogenated alkanes) is 1. The highest BCUT2D eigenvalue weighted by Gasteiger charge is 2.32. The summed E-state index contributed by atoms with van der Waals surface area (Å²) in [5, 5.41) is 0. The van der Waals surface area contributed by atoms with Crippen LogP contribution in [0.15, 0.2) is 65.6 Å². The summed E-state index contributed by atoms with van der Waals surface area (Å²) >= 11 is 0. The van der Waals surface area contributed by atoms with Gasteiger partial charge in [0.05, 0.1) is 4.90 Å². The van der Waals surface area contributed by atoms with Gasteiger partial charge in [0.25, 0.3) is 0 Å². The number of sulfonamides is 1. The van der Waals surface area contributed by atoms with Gasteiger partial charge >= 0.3 is 0 Å². The normalized spacial score (nSPS) is 14.5. The van der Waals surface area contributed by atoms with Crippen LogP contribution >= 0.6 is 0 Å². The quantitative estimate of drug-likeness (QED) is 0.708. The van der Waals surface area contributed by atoms with E-state index in [9.17, 15) is 8.42 Å². The van der Waals surface area contributed by atoms with Gasteiger partial charge < -0.3 is 0 Å². The molecule has 0 radical (unpaired) electrons. The zero-order chi connectivity index (χ0) is 17.6. The van der Waals surface area contributed by atoms with Crippen LogP contribution in [0.25, 0.3) is 0 Å². The summed E-state index contributed by atoms with van der Waals surface area (Å²) in [6.45, 7) is 4.79. The van der Waals surface area contributed by atoms with Gasteiger partial charge in [0.1, 0.15) is 0 Å². The molecule has 0 amide bonds. The molecule has 1 unspecified atom stereocenters. The maximum Gasteiger partial charge on any atom is 0.242 e. The molecule has 130 valence electrons. The molecule has 0 aliphatic heterocycles. The number of likely N-dealkylation sites (N-methyl/N-ethyl adjacent to an activating group) is 1. The summed E-state index contributed by atoms with van der Waals surface area (Å²) < 4.78 is 27.2. The Balaban J connectivity index is 2.29. The predicted octanol–water partition coefficient (Wildman–Crippen LogP) is 4.46. The molecule has 0 spiro atoms. The lowest BCUT2D eigenvalue weighted by atomic mass is 9.78. The molecule has 4 heteroatoms. The van der Waals surface area contributed by atoms with E-state index in [4.69, 9.17) is 0 Å². The zero-order valence-electron chi connectivity index (χ0n) is 14.8. The first-order valence-electron chi connectivity index (χ1n) is 8.47. The Kier molecular flexibility index (Phi) is 6.19. The van der Waals surface area contributed by atoms with Crippen LogP contribution in [-0.4, -0.2) is 26.3 Å². The molecule has 0 aliphatic carbocycles. The first-order valence-corrected chi connectivity index (χ1v) is 9.91. The maximum absolute atomic E-state index is 12.8. The van der Waals surface area contributed by atoms with Gasteiger partial charge in [-0.15, -0.1) is 0 Å². The minimum Gasteiger partial charge on any atom is -0.207 e. The number of hydrogen-bond donors (Lipinski definition) is 0. The lowest BCUT2D eigenvalue weighted by Crippen LogP contribution is -2.40. The molecule has 2 aromatic rings. The van der Waals surface area contributed by atoms with Crippen molar-refractivity contribution in [3.05, 3.63) is 66.2 Å². The molecular formula is C20H27NO2S. The van der Waals surface area contributed by atoms with Crippen molar-refractivity contribution in [1.29, 1.82) is 0 Å².